The Kier molecular flexibility index (Phi) is 6.43. The Balaban J connectivity index is 1.86. The third kappa shape index (κ3) is 4.86. The number of carbonyl (C=O) groups excluding carboxylic acids is 1. The molecule has 2 aromatic rings. The van der Waals surface area contributed by atoms with Crippen LogP contribution in [0, 0.1) is 6.92 Å². The van der Waals surface area contributed by atoms with Gasteiger partial charge in [-0.05, 0) is 26.0 Å². The van der Waals surface area contributed by atoms with Gasteiger partial charge in [-0.2, -0.15) is 0 Å². The van der Waals surface area contributed by atoms with Crippen molar-refractivity contribution in [3.63, 3.8) is 0 Å². The molecule has 1 atom stereocenters. The summed E-state index contributed by atoms with van der Waals surface area (Å²) in [6.45, 7) is 4.42. The molecule has 24 heavy (non-hydrogen) atoms. The van der Waals surface area contributed by atoms with E-state index < -0.39 is 0 Å². The van der Waals surface area contributed by atoms with Crippen molar-refractivity contribution in [3.05, 3.63) is 39.8 Å². The topological polar surface area (TPSA) is 72.5 Å². The van der Waals surface area contributed by atoms with E-state index in [1.54, 1.807) is 31.6 Å². The van der Waals surface area contributed by atoms with E-state index in [4.69, 9.17) is 9.47 Å². The number of rotatable bonds is 7. The summed E-state index contributed by atoms with van der Waals surface area (Å²) in [5.41, 5.74) is 1.89. The molecular formula is C17H23N3O3S. The van der Waals surface area contributed by atoms with Crippen LogP contribution in [0.2, 0.25) is 0 Å². The van der Waals surface area contributed by atoms with Crippen LogP contribution < -0.4 is 20.1 Å². The van der Waals surface area contributed by atoms with E-state index in [1.807, 2.05) is 31.4 Å². The number of benzene rings is 1. The van der Waals surface area contributed by atoms with Crippen LogP contribution in [0.1, 0.15) is 29.2 Å². The van der Waals surface area contributed by atoms with E-state index in [-0.39, 0.29) is 12.1 Å². The summed E-state index contributed by atoms with van der Waals surface area (Å²) in [5.74, 6) is 1.39. The summed E-state index contributed by atoms with van der Waals surface area (Å²) in [7, 11) is 3.20. The third-order valence-corrected chi connectivity index (χ3v) is 4.41. The van der Waals surface area contributed by atoms with Gasteiger partial charge in [0.1, 0.15) is 11.5 Å². The normalized spacial score (nSPS) is 11.7. The number of aryl methyl sites for hydroxylation is 1. The Labute approximate surface area is 146 Å². The molecule has 1 aromatic carbocycles. The van der Waals surface area contributed by atoms with Gasteiger partial charge in [0.25, 0.3) is 0 Å². The van der Waals surface area contributed by atoms with Gasteiger partial charge in [-0.15, -0.1) is 11.3 Å². The highest BCUT2D eigenvalue weighted by Gasteiger charge is 2.14. The average Bonchev–Trinajstić information content (AvgIpc) is 2.99. The van der Waals surface area contributed by atoms with Gasteiger partial charge in [0, 0.05) is 30.0 Å². The molecule has 0 aliphatic heterocycles. The smallest absolute Gasteiger partial charge is 0.315 e. The fraction of sp³-hybridized carbons (Fsp3) is 0.412. The van der Waals surface area contributed by atoms with E-state index >= 15 is 0 Å². The highest BCUT2D eigenvalue weighted by molar-refractivity contribution is 7.09. The minimum atomic E-state index is -0.215. The van der Waals surface area contributed by atoms with Crippen molar-refractivity contribution >= 4 is 17.4 Å². The van der Waals surface area contributed by atoms with Crippen LogP contribution in [0.5, 0.6) is 11.5 Å². The molecule has 1 heterocycles. The molecule has 2 amide bonds. The van der Waals surface area contributed by atoms with Gasteiger partial charge in [0.15, 0.2) is 0 Å². The molecule has 0 spiro atoms. The van der Waals surface area contributed by atoms with Gasteiger partial charge >= 0.3 is 6.03 Å². The minimum Gasteiger partial charge on any atom is -0.497 e. The maximum atomic E-state index is 12.0. The molecule has 6 nitrogen and oxygen atoms in total. The Morgan fingerprint density at radius 2 is 2.12 bits per heavy atom. The van der Waals surface area contributed by atoms with Crippen LogP contribution in [0.4, 0.5) is 4.79 Å². The van der Waals surface area contributed by atoms with Crippen LogP contribution in [0.15, 0.2) is 23.6 Å². The lowest BCUT2D eigenvalue weighted by Crippen LogP contribution is -2.38. The van der Waals surface area contributed by atoms with E-state index in [0.717, 1.165) is 22.7 Å². The fourth-order valence-electron chi connectivity index (χ4n) is 2.33. The van der Waals surface area contributed by atoms with Crippen molar-refractivity contribution in [2.45, 2.75) is 26.3 Å². The molecule has 0 fully saturated rings. The van der Waals surface area contributed by atoms with Crippen molar-refractivity contribution in [2.24, 2.45) is 0 Å². The molecule has 130 valence electrons. The standard InChI is InChI=1S/C17H23N3O3S/c1-11(15-6-5-14(22-3)9-16(15)23-4)19-17(21)18-8-7-13-10-24-12(2)20-13/h5-6,9-11H,7-8H2,1-4H3,(H2,18,19,21)/t11-/m0/s1. The number of aromatic nitrogens is 1. The number of hydrogen-bond donors (Lipinski definition) is 2. The number of ether oxygens (including phenoxy) is 2. The summed E-state index contributed by atoms with van der Waals surface area (Å²) in [4.78, 5) is 16.4. The lowest BCUT2D eigenvalue weighted by Gasteiger charge is -2.18. The van der Waals surface area contributed by atoms with Gasteiger partial charge in [0.2, 0.25) is 0 Å². The quantitative estimate of drug-likeness (QED) is 0.806. The predicted octanol–water partition coefficient (Wildman–Crippen LogP) is 3.07. The first kappa shape index (κ1) is 18.1. The van der Waals surface area contributed by atoms with Gasteiger partial charge in [0.05, 0.1) is 31.0 Å². The fourth-order valence-corrected chi connectivity index (χ4v) is 2.98. The summed E-state index contributed by atoms with van der Waals surface area (Å²) >= 11 is 1.61. The highest BCUT2D eigenvalue weighted by Crippen LogP contribution is 2.29. The Bertz CT molecular complexity index is 687. The SMILES string of the molecule is COc1ccc([C@H](C)NC(=O)NCCc2csc(C)n2)c(OC)c1. The second-order valence-electron chi connectivity index (χ2n) is 5.34. The van der Waals surface area contributed by atoms with Crippen molar-refractivity contribution < 1.29 is 14.3 Å². The summed E-state index contributed by atoms with van der Waals surface area (Å²) in [5, 5.41) is 8.81. The van der Waals surface area contributed by atoms with Crippen LogP contribution in [-0.4, -0.2) is 31.8 Å². The zero-order valence-corrected chi connectivity index (χ0v) is 15.2. The summed E-state index contributed by atoms with van der Waals surface area (Å²) in [6.07, 6.45) is 0.720. The first-order valence-electron chi connectivity index (χ1n) is 7.70. The van der Waals surface area contributed by atoms with Crippen LogP contribution in [-0.2, 0) is 6.42 Å². The molecule has 2 rings (SSSR count). The third-order valence-electron chi connectivity index (χ3n) is 3.59. The van der Waals surface area contributed by atoms with Crippen LogP contribution in [0.3, 0.4) is 0 Å². The molecule has 1 aromatic heterocycles. The monoisotopic (exact) mass is 349 g/mol. The maximum absolute atomic E-state index is 12.0. The molecule has 2 N–H and O–H groups in total. The molecule has 7 heteroatoms. The highest BCUT2D eigenvalue weighted by atomic mass is 32.1. The largest absolute Gasteiger partial charge is 0.497 e. The van der Waals surface area contributed by atoms with Crippen LogP contribution in [0.25, 0.3) is 0 Å². The molecule has 0 bridgehead atoms. The lowest BCUT2D eigenvalue weighted by molar-refractivity contribution is 0.238. The Morgan fingerprint density at radius 3 is 2.75 bits per heavy atom. The molecule has 0 aliphatic carbocycles. The summed E-state index contributed by atoms with van der Waals surface area (Å²) in [6, 6.07) is 5.13. The maximum Gasteiger partial charge on any atom is 0.315 e. The second-order valence-corrected chi connectivity index (χ2v) is 6.40. The molecule has 0 unspecified atom stereocenters. The summed E-state index contributed by atoms with van der Waals surface area (Å²) < 4.78 is 10.6. The van der Waals surface area contributed by atoms with Gasteiger partial charge in [-0.1, -0.05) is 0 Å². The minimum absolute atomic E-state index is 0.188. The average molecular weight is 349 g/mol. The first-order valence-corrected chi connectivity index (χ1v) is 8.58. The molecule has 0 saturated heterocycles. The van der Waals surface area contributed by atoms with Crippen LogP contribution >= 0.6 is 11.3 Å². The Morgan fingerprint density at radius 1 is 1.33 bits per heavy atom. The number of nitrogens with one attached hydrogen (secondary N) is 2. The van der Waals surface area contributed by atoms with Gasteiger partial charge in [-0.3, -0.25) is 0 Å². The number of hydrogen-bond acceptors (Lipinski definition) is 5. The van der Waals surface area contributed by atoms with Crippen molar-refractivity contribution in [1.29, 1.82) is 0 Å². The van der Waals surface area contributed by atoms with E-state index in [0.29, 0.717) is 18.0 Å². The van der Waals surface area contributed by atoms with Gasteiger partial charge < -0.3 is 20.1 Å². The van der Waals surface area contributed by atoms with Crippen molar-refractivity contribution in [1.82, 2.24) is 15.6 Å². The number of thiazole rings is 1. The van der Waals surface area contributed by atoms with Gasteiger partial charge in [-0.25, -0.2) is 9.78 Å². The number of carbonyl (C=O) groups is 1. The number of nitrogens with zero attached hydrogens (tertiary/aromatic N) is 1. The zero-order valence-electron chi connectivity index (χ0n) is 14.4. The molecule has 0 radical (unpaired) electrons. The van der Waals surface area contributed by atoms with E-state index in [9.17, 15) is 4.79 Å². The number of methoxy groups -OCH3 is 2. The first-order chi connectivity index (χ1) is 11.5. The molecular weight excluding hydrogens is 326 g/mol. The van der Waals surface area contributed by atoms with Crippen molar-refractivity contribution in [3.8, 4) is 11.5 Å². The molecule has 0 aliphatic rings. The second kappa shape index (κ2) is 8.54. The predicted molar refractivity (Wildman–Crippen MR) is 95.1 cm³/mol. The van der Waals surface area contributed by atoms with E-state index in [2.05, 4.69) is 15.6 Å². The number of amides is 2. The molecule has 0 saturated carbocycles. The zero-order chi connectivity index (χ0) is 17.5. The number of urea groups is 1. The Hall–Kier alpha value is -2.28. The van der Waals surface area contributed by atoms with E-state index in [1.165, 1.54) is 0 Å². The van der Waals surface area contributed by atoms with Crippen molar-refractivity contribution in [2.75, 3.05) is 20.8 Å². The lowest BCUT2D eigenvalue weighted by atomic mass is 10.1.